The molecule has 0 atom stereocenters. The van der Waals surface area contributed by atoms with Crippen molar-refractivity contribution < 1.29 is 9.59 Å². The lowest BCUT2D eigenvalue weighted by atomic mass is 9.91. The maximum atomic E-state index is 12.8. The SMILES string of the molecule is O=C(NN1C(=O)CSC1=S)C(c1ccccc1)c1ccccc1. The number of carbonyl (C=O) groups is 2. The number of hydrogen-bond acceptors (Lipinski definition) is 4. The molecule has 0 aliphatic carbocycles. The Morgan fingerprint density at radius 3 is 2.00 bits per heavy atom. The summed E-state index contributed by atoms with van der Waals surface area (Å²) in [6.45, 7) is 0. The van der Waals surface area contributed by atoms with Gasteiger partial charge in [-0.15, -0.1) is 0 Å². The van der Waals surface area contributed by atoms with Crippen LogP contribution in [0.5, 0.6) is 0 Å². The van der Waals surface area contributed by atoms with E-state index in [1.807, 2.05) is 60.7 Å². The molecule has 0 spiro atoms. The lowest BCUT2D eigenvalue weighted by molar-refractivity contribution is -0.134. The van der Waals surface area contributed by atoms with E-state index in [0.717, 1.165) is 11.1 Å². The van der Waals surface area contributed by atoms with Crippen LogP contribution in [0.2, 0.25) is 0 Å². The van der Waals surface area contributed by atoms with Crippen molar-refractivity contribution in [2.24, 2.45) is 0 Å². The molecule has 1 saturated heterocycles. The van der Waals surface area contributed by atoms with E-state index in [1.54, 1.807) is 0 Å². The molecule has 1 aliphatic rings. The van der Waals surface area contributed by atoms with Crippen LogP contribution in [-0.4, -0.2) is 26.9 Å². The Bertz CT molecular complexity index is 679. The Morgan fingerprint density at radius 1 is 1.04 bits per heavy atom. The van der Waals surface area contributed by atoms with Crippen LogP contribution in [0.4, 0.5) is 0 Å². The van der Waals surface area contributed by atoms with Gasteiger partial charge in [0.25, 0.3) is 11.8 Å². The summed E-state index contributed by atoms with van der Waals surface area (Å²) in [5.41, 5.74) is 4.38. The van der Waals surface area contributed by atoms with Crippen molar-refractivity contribution in [3.8, 4) is 0 Å². The average Bonchev–Trinajstić information content (AvgIpc) is 2.89. The van der Waals surface area contributed by atoms with Gasteiger partial charge in [-0.2, -0.15) is 0 Å². The number of hydrogen-bond donors (Lipinski definition) is 1. The summed E-state index contributed by atoms with van der Waals surface area (Å²) in [5, 5.41) is 1.17. The van der Waals surface area contributed by atoms with Crippen LogP contribution < -0.4 is 5.43 Å². The minimum absolute atomic E-state index is 0.201. The van der Waals surface area contributed by atoms with Crippen molar-refractivity contribution in [1.29, 1.82) is 0 Å². The molecule has 116 valence electrons. The molecule has 0 bridgehead atoms. The lowest BCUT2D eigenvalue weighted by Gasteiger charge is -2.22. The molecule has 2 aromatic rings. The molecule has 3 rings (SSSR count). The summed E-state index contributed by atoms with van der Waals surface area (Å²) in [4.78, 5) is 24.6. The Kier molecular flexibility index (Phi) is 4.73. The van der Waals surface area contributed by atoms with Crippen LogP contribution >= 0.6 is 24.0 Å². The van der Waals surface area contributed by atoms with E-state index in [2.05, 4.69) is 5.43 Å². The molecule has 0 radical (unpaired) electrons. The van der Waals surface area contributed by atoms with Gasteiger partial charge in [-0.25, -0.2) is 5.01 Å². The van der Waals surface area contributed by atoms with Crippen molar-refractivity contribution in [3.63, 3.8) is 0 Å². The standard InChI is InChI=1S/C17H14N2O2S2/c20-14-11-23-17(22)19(14)18-16(21)15(12-7-3-1-4-8-12)13-9-5-2-6-10-13/h1-10,15H,11H2,(H,18,21). The van der Waals surface area contributed by atoms with E-state index in [0.29, 0.717) is 4.32 Å². The molecule has 2 aromatic carbocycles. The predicted octanol–water partition coefficient (Wildman–Crippen LogP) is 2.71. The largest absolute Gasteiger partial charge is 0.272 e. The average molecular weight is 342 g/mol. The van der Waals surface area contributed by atoms with Crippen LogP contribution in [-0.2, 0) is 9.59 Å². The molecule has 2 amide bonds. The first-order chi connectivity index (χ1) is 11.2. The maximum Gasteiger partial charge on any atom is 0.257 e. The first-order valence-electron chi connectivity index (χ1n) is 7.07. The molecule has 1 N–H and O–H groups in total. The number of benzene rings is 2. The van der Waals surface area contributed by atoms with Crippen LogP contribution in [0.25, 0.3) is 0 Å². The molecule has 6 heteroatoms. The van der Waals surface area contributed by atoms with Gasteiger partial charge >= 0.3 is 0 Å². The normalized spacial score (nSPS) is 14.4. The van der Waals surface area contributed by atoms with Crippen LogP contribution in [0.15, 0.2) is 60.7 Å². The highest BCUT2D eigenvalue weighted by Crippen LogP contribution is 2.26. The van der Waals surface area contributed by atoms with Crippen molar-refractivity contribution in [3.05, 3.63) is 71.8 Å². The monoisotopic (exact) mass is 342 g/mol. The third-order valence-electron chi connectivity index (χ3n) is 3.50. The van der Waals surface area contributed by atoms with E-state index in [4.69, 9.17) is 12.2 Å². The van der Waals surface area contributed by atoms with Gasteiger partial charge in [0.2, 0.25) is 0 Å². The molecule has 4 nitrogen and oxygen atoms in total. The van der Waals surface area contributed by atoms with Crippen molar-refractivity contribution in [2.45, 2.75) is 5.92 Å². The molecule has 23 heavy (non-hydrogen) atoms. The summed E-state index contributed by atoms with van der Waals surface area (Å²) in [5.74, 6) is -0.715. The van der Waals surface area contributed by atoms with Gasteiger partial charge < -0.3 is 0 Å². The van der Waals surface area contributed by atoms with E-state index in [9.17, 15) is 9.59 Å². The zero-order valence-corrected chi connectivity index (χ0v) is 13.8. The summed E-state index contributed by atoms with van der Waals surface area (Å²) < 4.78 is 0.378. The topological polar surface area (TPSA) is 49.4 Å². The van der Waals surface area contributed by atoms with Crippen molar-refractivity contribution in [1.82, 2.24) is 10.4 Å². The highest BCUT2D eigenvalue weighted by molar-refractivity contribution is 8.23. The van der Waals surface area contributed by atoms with Gasteiger partial charge in [-0.3, -0.25) is 15.0 Å². The smallest absolute Gasteiger partial charge is 0.257 e. The fraction of sp³-hybridized carbons (Fsp3) is 0.118. The first kappa shape index (κ1) is 15.7. The Labute approximate surface area is 143 Å². The number of thioether (sulfide) groups is 1. The van der Waals surface area contributed by atoms with Gasteiger partial charge in [0.1, 0.15) is 0 Å². The number of carbonyl (C=O) groups excluding carboxylic acids is 2. The van der Waals surface area contributed by atoms with Gasteiger partial charge in [-0.05, 0) is 11.1 Å². The number of thiocarbonyl (C=S) groups is 1. The minimum Gasteiger partial charge on any atom is -0.272 e. The van der Waals surface area contributed by atoms with E-state index < -0.39 is 5.92 Å². The zero-order valence-electron chi connectivity index (χ0n) is 12.1. The number of amides is 2. The lowest BCUT2D eigenvalue weighted by Crippen LogP contribution is -2.47. The number of hydrazine groups is 1. The fourth-order valence-corrected chi connectivity index (χ4v) is 3.40. The molecule has 1 aliphatic heterocycles. The summed E-state index contributed by atoms with van der Waals surface area (Å²) in [7, 11) is 0. The highest BCUT2D eigenvalue weighted by atomic mass is 32.2. The third-order valence-corrected chi connectivity index (χ3v) is 4.86. The fourth-order valence-electron chi connectivity index (χ4n) is 2.42. The molecule has 0 saturated carbocycles. The number of nitrogens with zero attached hydrogens (tertiary/aromatic N) is 1. The summed E-state index contributed by atoms with van der Waals surface area (Å²) >= 11 is 6.36. The van der Waals surface area contributed by atoms with Crippen LogP contribution in [0.1, 0.15) is 17.0 Å². The van der Waals surface area contributed by atoms with Crippen molar-refractivity contribution in [2.75, 3.05) is 5.75 Å². The molecule has 0 unspecified atom stereocenters. The second-order valence-corrected chi connectivity index (χ2v) is 6.62. The Balaban J connectivity index is 1.91. The van der Waals surface area contributed by atoms with Crippen molar-refractivity contribution >= 4 is 40.1 Å². The van der Waals surface area contributed by atoms with Crippen LogP contribution in [0, 0.1) is 0 Å². The van der Waals surface area contributed by atoms with Gasteiger partial charge in [-0.1, -0.05) is 84.6 Å². The first-order valence-corrected chi connectivity index (χ1v) is 8.46. The number of rotatable bonds is 4. The predicted molar refractivity (Wildman–Crippen MR) is 94.8 cm³/mol. The molecular formula is C17H14N2O2S2. The maximum absolute atomic E-state index is 12.8. The second kappa shape index (κ2) is 6.93. The van der Waals surface area contributed by atoms with E-state index in [1.165, 1.54) is 16.8 Å². The summed E-state index contributed by atoms with van der Waals surface area (Å²) in [6, 6.07) is 19.0. The second-order valence-electron chi connectivity index (χ2n) is 5.01. The van der Waals surface area contributed by atoms with Gasteiger partial charge in [0, 0.05) is 0 Å². The molecule has 0 aromatic heterocycles. The van der Waals surface area contributed by atoms with E-state index in [-0.39, 0.29) is 17.6 Å². The third kappa shape index (κ3) is 3.43. The number of nitrogens with one attached hydrogen (secondary N) is 1. The molecule has 1 heterocycles. The minimum atomic E-state index is -0.501. The van der Waals surface area contributed by atoms with Gasteiger partial charge in [0.05, 0.1) is 11.7 Å². The molecule has 1 fully saturated rings. The Hall–Kier alpha value is -2.18. The highest BCUT2D eigenvalue weighted by Gasteiger charge is 2.31. The summed E-state index contributed by atoms with van der Waals surface area (Å²) in [6.07, 6.45) is 0. The Morgan fingerprint density at radius 2 is 1.57 bits per heavy atom. The van der Waals surface area contributed by atoms with Gasteiger partial charge in [0.15, 0.2) is 4.32 Å². The van der Waals surface area contributed by atoms with Crippen LogP contribution in [0.3, 0.4) is 0 Å². The molecular weight excluding hydrogens is 328 g/mol. The zero-order chi connectivity index (χ0) is 16.2. The van der Waals surface area contributed by atoms with E-state index >= 15 is 0 Å². The quantitative estimate of drug-likeness (QED) is 0.868.